The molecule has 0 aliphatic rings. The molecule has 5 heteroatoms. The molecule has 0 aliphatic carbocycles. The highest BCUT2D eigenvalue weighted by atomic mass is 16.5. The van der Waals surface area contributed by atoms with E-state index in [1.165, 1.54) is 0 Å². The van der Waals surface area contributed by atoms with Gasteiger partial charge in [-0.25, -0.2) is 0 Å². The first-order valence-electron chi connectivity index (χ1n) is 10.6. The van der Waals surface area contributed by atoms with Gasteiger partial charge < -0.3 is 15.0 Å². The normalized spacial score (nSPS) is 11.8. The van der Waals surface area contributed by atoms with Crippen LogP contribution in [0.15, 0.2) is 48.5 Å². The van der Waals surface area contributed by atoms with Crippen molar-refractivity contribution in [2.75, 3.05) is 13.7 Å². The minimum absolute atomic E-state index is 0.0494. The van der Waals surface area contributed by atoms with E-state index in [4.69, 9.17) is 4.74 Å². The van der Waals surface area contributed by atoms with Crippen molar-refractivity contribution in [3.63, 3.8) is 0 Å². The van der Waals surface area contributed by atoms with E-state index in [2.05, 4.69) is 19.2 Å². The molecule has 1 unspecified atom stereocenters. The van der Waals surface area contributed by atoms with Gasteiger partial charge in [0.1, 0.15) is 11.8 Å². The van der Waals surface area contributed by atoms with Gasteiger partial charge in [0.25, 0.3) is 0 Å². The molecule has 0 saturated heterocycles. The molecule has 2 rings (SSSR count). The smallest absolute Gasteiger partial charge is 0.242 e. The van der Waals surface area contributed by atoms with Gasteiger partial charge in [-0.15, -0.1) is 0 Å². The SMILES string of the molecule is CCC(C(=O)NCC(C)C)N(Cc1ccc(OC)cc1)C(=O)Cc1ccccc1C. The molecule has 0 saturated carbocycles. The molecule has 2 aromatic carbocycles. The van der Waals surface area contributed by atoms with Crippen molar-refractivity contribution < 1.29 is 14.3 Å². The van der Waals surface area contributed by atoms with Crippen molar-refractivity contribution in [1.29, 1.82) is 0 Å². The van der Waals surface area contributed by atoms with Crippen LogP contribution < -0.4 is 10.1 Å². The Morgan fingerprint density at radius 3 is 2.30 bits per heavy atom. The van der Waals surface area contributed by atoms with Crippen LogP contribution >= 0.6 is 0 Å². The van der Waals surface area contributed by atoms with E-state index in [0.717, 1.165) is 22.4 Å². The zero-order valence-corrected chi connectivity index (χ0v) is 18.8. The van der Waals surface area contributed by atoms with Crippen molar-refractivity contribution in [2.24, 2.45) is 5.92 Å². The number of methoxy groups -OCH3 is 1. The van der Waals surface area contributed by atoms with E-state index in [1.807, 2.05) is 62.4 Å². The summed E-state index contributed by atoms with van der Waals surface area (Å²) in [6.45, 7) is 9.03. The predicted octanol–water partition coefficient (Wildman–Crippen LogP) is 4.13. The molecule has 1 N–H and O–H groups in total. The third-order valence-electron chi connectivity index (χ3n) is 5.19. The van der Waals surface area contributed by atoms with Crippen LogP contribution in [0.2, 0.25) is 0 Å². The number of nitrogens with one attached hydrogen (secondary N) is 1. The Labute approximate surface area is 180 Å². The number of hydrogen-bond donors (Lipinski definition) is 1. The average molecular weight is 411 g/mol. The molecule has 0 spiro atoms. The van der Waals surface area contributed by atoms with Gasteiger partial charge in [0.05, 0.1) is 13.5 Å². The van der Waals surface area contributed by atoms with Crippen LogP contribution in [0.3, 0.4) is 0 Å². The molecule has 0 aromatic heterocycles. The van der Waals surface area contributed by atoms with Crippen molar-refractivity contribution in [1.82, 2.24) is 10.2 Å². The molecular weight excluding hydrogens is 376 g/mol. The maximum Gasteiger partial charge on any atom is 0.242 e. The van der Waals surface area contributed by atoms with E-state index in [-0.39, 0.29) is 18.2 Å². The minimum Gasteiger partial charge on any atom is -0.497 e. The topological polar surface area (TPSA) is 58.6 Å². The largest absolute Gasteiger partial charge is 0.497 e. The van der Waals surface area contributed by atoms with Crippen LogP contribution in [0.4, 0.5) is 0 Å². The van der Waals surface area contributed by atoms with Crippen LogP contribution in [0.25, 0.3) is 0 Å². The van der Waals surface area contributed by atoms with Crippen LogP contribution in [-0.2, 0) is 22.6 Å². The first kappa shape index (κ1) is 23.5. The number of ether oxygens (including phenoxy) is 1. The van der Waals surface area contributed by atoms with Crippen LogP contribution in [-0.4, -0.2) is 36.4 Å². The van der Waals surface area contributed by atoms with Crippen molar-refractivity contribution in [2.45, 2.75) is 53.1 Å². The highest BCUT2D eigenvalue weighted by molar-refractivity contribution is 5.88. The van der Waals surface area contributed by atoms with Crippen LogP contribution in [0.5, 0.6) is 5.75 Å². The van der Waals surface area contributed by atoms with Gasteiger partial charge >= 0.3 is 0 Å². The molecule has 5 nitrogen and oxygen atoms in total. The molecule has 2 aromatic rings. The molecule has 1 atom stereocenters. The summed E-state index contributed by atoms with van der Waals surface area (Å²) in [6, 6.07) is 15.0. The standard InChI is InChI=1S/C25H34N2O3/c1-6-23(25(29)26-16-18(2)3)27(17-20-11-13-22(30-5)14-12-20)24(28)15-21-10-8-7-9-19(21)4/h7-14,18,23H,6,15-17H2,1-5H3,(H,26,29). The van der Waals surface area contributed by atoms with Crippen LogP contribution in [0, 0.1) is 12.8 Å². The number of rotatable bonds is 10. The number of aryl methyl sites for hydroxylation is 1. The predicted molar refractivity (Wildman–Crippen MR) is 120 cm³/mol. The maximum absolute atomic E-state index is 13.4. The lowest BCUT2D eigenvalue weighted by Crippen LogP contribution is -2.50. The second kappa shape index (κ2) is 11.4. The zero-order valence-electron chi connectivity index (χ0n) is 18.8. The lowest BCUT2D eigenvalue weighted by atomic mass is 10.0. The summed E-state index contributed by atoms with van der Waals surface area (Å²) >= 11 is 0. The second-order valence-corrected chi connectivity index (χ2v) is 8.04. The Balaban J connectivity index is 2.27. The van der Waals surface area contributed by atoms with E-state index >= 15 is 0 Å². The van der Waals surface area contributed by atoms with Gasteiger partial charge in [0.2, 0.25) is 11.8 Å². The molecular formula is C25H34N2O3. The van der Waals surface area contributed by atoms with Crippen molar-refractivity contribution in [3.05, 3.63) is 65.2 Å². The average Bonchev–Trinajstić information content (AvgIpc) is 2.74. The second-order valence-electron chi connectivity index (χ2n) is 8.04. The summed E-state index contributed by atoms with van der Waals surface area (Å²) in [7, 11) is 1.62. The Morgan fingerprint density at radius 2 is 1.73 bits per heavy atom. The monoisotopic (exact) mass is 410 g/mol. The fourth-order valence-electron chi connectivity index (χ4n) is 3.34. The molecule has 162 valence electrons. The first-order chi connectivity index (χ1) is 14.3. The molecule has 2 amide bonds. The van der Waals surface area contributed by atoms with Crippen molar-refractivity contribution >= 4 is 11.8 Å². The van der Waals surface area contributed by atoms with Gasteiger partial charge in [-0.3, -0.25) is 9.59 Å². The van der Waals surface area contributed by atoms with Gasteiger partial charge in [0.15, 0.2) is 0 Å². The Morgan fingerprint density at radius 1 is 1.07 bits per heavy atom. The molecule has 0 aliphatic heterocycles. The van der Waals surface area contributed by atoms with Gasteiger partial charge in [-0.1, -0.05) is 57.2 Å². The third-order valence-corrected chi connectivity index (χ3v) is 5.19. The summed E-state index contributed by atoms with van der Waals surface area (Å²) in [6.07, 6.45) is 0.830. The quantitative estimate of drug-likeness (QED) is 0.641. The lowest BCUT2D eigenvalue weighted by Gasteiger charge is -2.31. The minimum atomic E-state index is -0.512. The highest BCUT2D eigenvalue weighted by Crippen LogP contribution is 2.18. The van der Waals surface area contributed by atoms with Crippen LogP contribution in [0.1, 0.15) is 43.9 Å². The Hall–Kier alpha value is -2.82. The van der Waals surface area contributed by atoms with Gasteiger partial charge in [0, 0.05) is 13.1 Å². The fraction of sp³-hybridized carbons (Fsp3) is 0.440. The molecule has 0 heterocycles. The summed E-state index contributed by atoms with van der Waals surface area (Å²) in [5.74, 6) is 0.965. The number of amides is 2. The number of benzene rings is 2. The molecule has 0 fully saturated rings. The fourth-order valence-corrected chi connectivity index (χ4v) is 3.34. The van der Waals surface area contributed by atoms with Gasteiger partial charge in [-0.05, 0) is 48.1 Å². The number of carbonyl (C=O) groups is 2. The summed E-state index contributed by atoms with van der Waals surface area (Å²) in [5.41, 5.74) is 3.02. The number of hydrogen-bond acceptors (Lipinski definition) is 3. The third kappa shape index (κ3) is 6.61. The lowest BCUT2D eigenvalue weighted by molar-refractivity contribution is -0.141. The molecule has 0 radical (unpaired) electrons. The van der Waals surface area contributed by atoms with E-state index < -0.39 is 6.04 Å². The summed E-state index contributed by atoms with van der Waals surface area (Å²) < 4.78 is 5.23. The zero-order chi connectivity index (χ0) is 22.1. The van der Waals surface area contributed by atoms with Gasteiger partial charge in [-0.2, -0.15) is 0 Å². The van der Waals surface area contributed by atoms with E-state index in [9.17, 15) is 9.59 Å². The molecule has 0 bridgehead atoms. The van der Waals surface area contributed by atoms with Crippen molar-refractivity contribution in [3.8, 4) is 5.75 Å². The number of nitrogens with zero attached hydrogens (tertiary/aromatic N) is 1. The van der Waals surface area contributed by atoms with E-state index in [0.29, 0.717) is 25.4 Å². The summed E-state index contributed by atoms with van der Waals surface area (Å²) in [4.78, 5) is 28.0. The van der Waals surface area contributed by atoms with E-state index in [1.54, 1.807) is 12.0 Å². The Kier molecular flexibility index (Phi) is 8.90. The maximum atomic E-state index is 13.4. The highest BCUT2D eigenvalue weighted by Gasteiger charge is 2.28. The molecule has 30 heavy (non-hydrogen) atoms. The number of carbonyl (C=O) groups excluding carboxylic acids is 2. The summed E-state index contributed by atoms with van der Waals surface area (Å²) in [5, 5.41) is 2.99. The first-order valence-corrected chi connectivity index (χ1v) is 10.6. The Bertz CT molecular complexity index is 831.